The van der Waals surface area contributed by atoms with Crippen LogP contribution in [-0.2, 0) is 9.53 Å². The van der Waals surface area contributed by atoms with Crippen molar-refractivity contribution in [3.63, 3.8) is 0 Å². The van der Waals surface area contributed by atoms with E-state index in [9.17, 15) is 4.79 Å². The average molecular weight is 215 g/mol. The molecule has 3 nitrogen and oxygen atoms in total. The van der Waals surface area contributed by atoms with E-state index in [1.807, 2.05) is 34.7 Å². The quantitative estimate of drug-likeness (QED) is 0.674. The van der Waals surface area contributed by atoms with Crippen molar-refractivity contribution in [1.29, 1.82) is 0 Å². The first-order valence-corrected chi connectivity index (χ1v) is 5.56. The molecule has 0 heterocycles. The fraction of sp³-hybridized carbons (Fsp3) is 0.917. The number of nitrogens with zero attached hydrogens (tertiary/aromatic N) is 1. The molecule has 0 aliphatic heterocycles. The minimum absolute atomic E-state index is 0.0517. The Bertz CT molecular complexity index is 206. The molecule has 0 saturated heterocycles. The van der Waals surface area contributed by atoms with Crippen LogP contribution in [0.2, 0.25) is 0 Å². The van der Waals surface area contributed by atoms with Crippen molar-refractivity contribution in [1.82, 2.24) is 4.90 Å². The minimum atomic E-state index is -0.412. The van der Waals surface area contributed by atoms with Crippen LogP contribution in [0.25, 0.3) is 0 Å². The van der Waals surface area contributed by atoms with Gasteiger partial charge in [-0.25, -0.2) is 0 Å². The van der Waals surface area contributed by atoms with Crippen LogP contribution in [0.1, 0.15) is 41.5 Å². The number of hydrogen-bond acceptors (Lipinski definition) is 3. The van der Waals surface area contributed by atoms with Crippen LogP contribution >= 0.6 is 0 Å². The molecule has 0 bridgehead atoms. The summed E-state index contributed by atoms with van der Waals surface area (Å²) in [6.07, 6.45) is -0.0517. The van der Waals surface area contributed by atoms with Gasteiger partial charge >= 0.3 is 5.97 Å². The predicted octanol–water partition coefficient (Wildman–Crippen LogP) is 2.30. The van der Waals surface area contributed by atoms with Crippen molar-refractivity contribution in [3.8, 4) is 0 Å². The summed E-state index contributed by atoms with van der Waals surface area (Å²) in [5, 5.41) is 0. The molecule has 0 spiro atoms. The summed E-state index contributed by atoms with van der Waals surface area (Å²) in [6.45, 7) is 12.6. The number of esters is 1. The molecule has 0 aromatic rings. The van der Waals surface area contributed by atoms with Gasteiger partial charge in [0.15, 0.2) is 0 Å². The lowest BCUT2D eigenvalue weighted by Crippen LogP contribution is -2.37. The molecular weight excluding hydrogens is 190 g/mol. The maximum Gasteiger partial charge on any atom is 0.311 e. The predicted molar refractivity (Wildman–Crippen MR) is 62.8 cm³/mol. The fourth-order valence-electron chi connectivity index (χ4n) is 1.01. The smallest absolute Gasteiger partial charge is 0.311 e. The first kappa shape index (κ1) is 14.4. The van der Waals surface area contributed by atoms with Crippen molar-refractivity contribution in [2.75, 3.05) is 13.6 Å². The van der Waals surface area contributed by atoms with E-state index in [1.165, 1.54) is 0 Å². The Kier molecular flexibility index (Phi) is 5.29. The summed E-state index contributed by atoms with van der Waals surface area (Å²) >= 11 is 0. The summed E-state index contributed by atoms with van der Waals surface area (Å²) in [5.41, 5.74) is -0.412. The molecule has 0 fully saturated rings. The molecule has 0 aromatic heterocycles. The molecule has 0 aromatic carbocycles. The largest absolute Gasteiger partial charge is 0.461 e. The Morgan fingerprint density at radius 1 is 1.27 bits per heavy atom. The standard InChI is InChI=1S/C12H25NO2/c1-9(2)13(7)8-10(3)15-11(14)12(4,5)6/h9-10H,8H2,1-7H3. The molecule has 1 unspecified atom stereocenters. The molecule has 1 atom stereocenters. The van der Waals surface area contributed by atoms with Gasteiger partial charge in [0, 0.05) is 12.6 Å². The molecule has 0 amide bonds. The number of rotatable bonds is 4. The van der Waals surface area contributed by atoms with E-state index in [2.05, 4.69) is 18.7 Å². The minimum Gasteiger partial charge on any atom is -0.461 e. The Morgan fingerprint density at radius 3 is 2.07 bits per heavy atom. The zero-order chi connectivity index (χ0) is 12.2. The molecule has 3 heteroatoms. The summed E-state index contributed by atoms with van der Waals surface area (Å²) in [6, 6.07) is 0.473. The van der Waals surface area contributed by atoms with Crippen LogP contribution < -0.4 is 0 Å². The highest BCUT2D eigenvalue weighted by molar-refractivity contribution is 5.75. The number of ether oxygens (including phenoxy) is 1. The van der Waals surface area contributed by atoms with E-state index < -0.39 is 5.41 Å². The van der Waals surface area contributed by atoms with Crippen LogP contribution in [0, 0.1) is 5.41 Å². The van der Waals surface area contributed by atoms with Crippen LogP contribution in [0.15, 0.2) is 0 Å². The molecule has 0 aliphatic rings. The van der Waals surface area contributed by atoms with Gasteiger partial charge in [-0.2, -0.15) is 0 Å². The highest BCUT2D eigenvalue weighted by Crippen LogP contribution is 2.16. The van der Waals surface area contributed by atoms with Gasteiger partial charge in [-0.1, -0.05) is 0 Å². The SMILES string of the molecule is CC(CN(C)C(C)C)OC(=O)C(C)(C)C. The van der Waals surface area contributed by atoms with Gasteiger partial charge in [-0.05, 0) is 48.6 Å². The number of carbonyl (C=O) groups is 1. The summed E-state index contributed by atoms with van der Waals surface area (Å²) < 4.78 is 5.36. The first-order valence-electron chi connectivity index (χ1n) is 5.56. The third-order valence-corrected chi connectivity index (χ3v) is 2.35. The van der Waals surface area contributed by atoms with Gasteiger partial charge in [0.05, 0.1) is 5.41 Å². The van der Waals surface area contributed by atoms with Crippen LogP contribution in [-0.4, -0.2) is 36.6 Å². The van der Waals surface area contributed by atoms with Crippen LogP contribution in [0.3, 0.4) is 0 Å². The lowest BCUT2D eigenvalue weighted by molar-refractivity contribution is -0.158. The fourth-order valence-corrected chi connectivity index (χ4v) is 1.01. The van der Waals surface area contributed by atoms with E-state index in [1.54, 1.807) is 0 Å². The Balaban J connectivity index is 4.05. The maximum absolute atomic E-state index is 11.6. The number of likely N-dealkylation sites (N-methyl/N-ethyl adjacent to an activating group) is 1. The van der Waals surface area contributed by atoms with Crippen molar-refractivity contribution in [3.05, 3.63) is 0 Å². The zero-order valence-corrected chi connectivity index (χ0v) is 11.1. The van der Waals surface area contributed by atoms with E-state index >= 15 is 0 Å². The van der Waals surface area contributed by atoms with Crippen molar-refractivity contribution >= 4 is 5.97 Å². The van der Waals surface area contributed by atoms with E-state index in [0.717, 1.165) is 6.54 Å². The van der Waals surface area contributed by atoms with Crippen LogP contribution in [0.5, 0.6) is 0 Å². The summed E-state index contributed by atoms with van der Waals surface area (Å²) in [5.74, 6) is -0.132. The Morgan fingerprint density at radius 2 is 1.73 bits per heavy atom. The first-order chi connectivity index (χ1) is 6.64. The molecule has 0 aliphatic carbocycles. The molecular formula is C12H25NO2. The van der Waals surface area contributed by atoms with Gasteiger partial charge in [-0.15, -0.1) is 0 Å². The topological polar surface area (TPSA) is 29.5 Å². The lowest BCUT2D eigenvalue weighted by atomic mass is 9.97. The van der Waals surface area contributed by atoms with Gasteiger partial charge in [0.25, 0.3) is 0 Å². The van der Waals surface area contributed by atoms with Crippen LogP contribution in [0.4, 0.5) is 0 Å². The van der Waals surface area contributed by atoms with E-state index in [0.29, 0.717) is 6.04 Å². The summed E-state index contributed by atoms with van der Waals surface area (Å²) in [7, 11) is 2.03. The third kappa shape index (κ3) is 5.78. The van der Waals surface area contributed by atoms with E-state index in [-0.39, 0.29) is 12.1 Å². The maximum atomic E-state index is 11.6. The number of hydrogen-bond donors (Lipinski definition) is 0. The van der Waals surface area contributed by atoms with Crippen molar-refractivity contribution in [2.24, 2.45) is 5.41 Å². The molecule has 0 rings (SSSR count). The van der Waals surface area contributed by atoms with Gasteiger partial charge < -0.3 is 9.64 Å². The number of carbonyl (C=O) groups excluding carboxylic acids is 1. The normalized spacial score (nSPS) is 14.5. The van der Waals surface area contributed by atoms with Crippen molar-refractivity contribution in [2.45, 2.75) is 53.7 Å². The Labute approximate surface area is 93.8 Å². The second kappa shape index (κ2) is 5.50. The highest BCUT2D eigenvalue weighted by Gasteiger charge is 2.25. The second-order valence-electron chi connectivity index (χ2n) is 5.50. The molecule has 0 N–H and O–H groups in total. The Hall–Kier alpha value is -0.570. The third-order valence-electron chi connectivity index (χ3n) is 2.35. The second-order valence-corrected chi connectivity index (χ2v) is 5.50. The lowest BCUT2D eigenvalue weighted by Gasteiger charge is -2.26. The van der Waals surface area contributed by atoms with E-state index in [4.69, 9.17) is 4.74 Å². The molecule has 90 valence electrons. The van der Waals surface area contributed by atoms with Gasteiger partial charge in [0.1, 0.15) is 6.10 Å². The highest BCUT2D eigenvalue weighted by atomic mass is 16.5. The molecule has 0 radical (unpaired) electrons. The van der Waals surface area contributed by atoms with Gasteiger partial charge in [0.2, 0.25) is 0 Å². The average Bonchev–Trinajstić information content (AvgIpc) is 2.01. The van der Waals surface area contributed by atoms with Gasteiger partial charge in [-0.3, -0.25) is 4.79 Å². The molecule has 15 heavy (non-hydrogen) atoms. The monoisotopic (exact) mass is 215 g/mol. The molecule has 0 saturated carbocycles. The summed E-state index contributed by atoms with van der Waals surface area (Å²) in [4.78, 5) is 13.8. The van der Waals surface area contributed by atoms with Crippen molar-refractivity contribution < 1.29 is 9.53 Å². The zero-order valence-electron chi connectivity index (χ0n) is 11.1.